The van der Waals surface area contributed by atoms with Crippen molar-refractivity contribution in [3.05, 3.63) is 28.2 Å². The monoisotopic (exact) mass is 352 g/mol. The fourth-order valence-corrected chi connectivity index (χ4v) is 3.16. The Morgan fingerprint density at radius 1 is 1.29 bits per heavy atom. The molecule has 21 heavy (non-hydrogen) atoms. The first kappa shape index (κ1) is 16.8. The smallest absolute Gasteiger partial charge is 0.0412 e. The van der Waals surface area contributed by atoms with E-state index in [1.807, 2.05) is 0 Å². The first-order chi connectivity index (χ1) is 9.89. The normalized spacial score (nSPS) is 15.9. The van der Waals surface area contributed by atoms with E-state index in [4.69, 9.17) is 0 Å². The molecule has 1 saturated carbocycles. The van der Waals surface area contributed by atoms with Gasteiger partial charge in [0.05, 0.1) is 0 Å². The molecule has 0 heterocycles. The average Bonchev–Trinajstić information content (AvgIpc) is 2.36. The van der Waals surface area contributed by atoms with Crippen LogP contribution in [0, 0.1) is 5.92 Å². The summed E-state index contributed by atoms with van der Waals surface area (Å²) >= 11 is 3.62. The van der Waals surface area contributed by atoms with Crippen molar-refractivity contribution in [2.75, 3.05) is 18.0 Å². The quantitative estimate of drug-likeness (QED) is 0.777. The van der Waals surface area contributed by atoms with Crippen molar-refractivity contribution in [2.45, 2.75) is 59.0 Å². The molecule has 1 aliphatic rings. The molecule has 1 aromatic carbocycles. The van der Waals surface area contributed by atoms with E-state index in [1.54, 1.807) is 0 Å². The standard InChI is InChI=1S/C18H29BrN2/c1-5-21(13-14-7-6-8-14)17-10-9-16(19)11-15(17)12-20-18(2,3)4/h9-11,14,20H,5-8,12-13H2,1-4H3. The number of benzene rings is 1. The highest BCUT2D eigenvalue weighted by molar-refractivity contribution is 9.10. The summed E-state index contributed by atoms with van der Waals surface area (Å²) in [6, 6.07) is 6.70. The molecule has 0 unspecified atom stereocenters. The molecular formula is C18H29BrN2. The Bertz CT molecular complexity index is 461. The van der Waals surface area contributed by atoms with Crippen LogP contribution >= 0.6 is 15.9 Å². The first-order valence-electron chi connectivity index (χ1n) is 8.17. The molecule has 0 aromatic heterocycles. The molecule has 3 heteroatoms. The second-order valence-corrected chi connectivity index (χ2v) is 8.13. The fraction of sp³-hybridized carbons (Fsp3) is 0.667. The highest BCUT2D eigenvalue weighted by Gasteiger charge is 2.21. The van der Waals surface area contributed by atoms with Crippen molar-refractivity contribution in [1.82, 2.24) is 5.32 Å². The van der Waals surface area contributed by atoms with Crippen LogP contribution in [0.15, 0.2) is 22.7 Å². The zero-order valence-corrected chi connectivity index (χ0v) is 15.5. The topological polar surface area (TPSA) is 15.3 Å². The van der Waals surface area contributed by atoms with Gasteiger partial charge < -0.3 is 10.2 Å². The van der Waals surface area contributed by atoms with Gasteiger partial charge in [-0.1, -0.05) is 22.4 Å². The zero-order chi connectivity index (χ0) is 15.5. The van der Waals surface area contributed by atoms with Crippen LogP contribution < -0.4 is 10.2 Å². The zero-order valence-electron chi connectivity index (χ0n) is 13.9. The third kappa shape index (κ3) is 5.00. The predicted octanol–water partition coefficient (Wildman–Crippen LogP) is 4.96. The molecule has 0 amide bonds. The maximum atomic E-state index is 3.62. The van der Waals surface area contributed by atoms with Crippen molar-refractivity contribution >= 4 is 21.6 Å². The van der Waals surface area contributed by atoms with Gasteiger partial charge in [0, 0.05) is 35.3 Å². The Kier molecular flexibility index (Phi) is 5.73. The average molecular weight is 353 g/mol. The Balaban J connectivity index is 2.15. The van der Waals surface area contributed by atoms with Crippen LogP contribution in [0.1, 0.15) is 52.5 Å². The van der Waals surface area contributed by atoms with E-state index >= 15 is 0 Å². The SMILES string of the molecule is CCN(CC1CCC1)c1ccc(Br)cc1CNC(C)(C)C. The van der Waals surface area contributed by atoms with E-state index in [9.17, 15) is 0 Å². The number of nitrogens with one attached hydrogen (secondary N) is 1. The minimum Gasteiger partial charge on any atom is -0.371 e. The molecule has 0 saturated heterocycles. The second kappa shape index (κ2) is 7.15. The molecule has 1 N–H and O–H groups in total. The highest BCUT2D eigenvalue weighted by Crippen LogP contribution is 2.31. The molecule has 1 aliphatic carbocycles. The number of rotatable bonds is 6. The minimum atomic E-state index is 0.143. The summed E-state index contributed by atoms with van der Waals surface area (Å²) in [5.41, 5.74) is 2.93. The van der Waals surface area contributed by atoms with E-state index in [0.717, 1.165) is 23.5 Å². The van der Waals surface area contributed by atoms with Crippen LogP contribution in [0.5, 0.6) is 0 Å². The van der Waals surface area contributed by atoms with Gasteiger partial charge in [-0.3, -0.25) is 0 Å². The first-order valence-corrected chi connectivity index (χ1v) is 8.97. The molecule has 1 fully saturated rings. The number of halogens is 1. The van der Waals surface area contributed by atoms with Gasteiger partial charge in [-0.15, -0.1) is 0 Å². The molecular weight excluding hydrogens is 324 g/mol. The lowest BCUT2D eigenvalue weighted by Gasteiger charge is -2.34. The van der Waals surface area contributed by atoms with E-state index in [-0.39, 0.29) is 5.54 Å². The lowest BCUT2D eigenvalue weighted by Crippen LogP contribution is -2.37. The minimum absolute atomic E-state index is 0.143. The van der Waals surface area contributed by atoms with E-state index in [2.05, 4.69) is 72.0 Å². The van der Waals surface area contributed by atoms with Gasteiger partial charge in [0.25, 0.3) is 0 Å². The molecule has 0 bridgehead atoms. The third-order valence-corrected chi connectivity index (χ3v) is 4.77. The van der Waals surface area contributed by atoms with Gasteiger partial charge in [-0.2, -0.15) is 0 Å². The summed E-state index contributed by atoms with van der Waals surface area (Å²) in [5.74, 6) is 0.900. The van der Waals surface area contributed by atoms with Crippen LogP contribution in [0.3, 0.4) is 0 Å². The molecule has 0 atom stereocenters. The van der Waals surface area contributed by atoms with Crippen molar-refractivity contribution in [3.8, 4) is 0 Å². The number of nitrogens with zero attached hydrogens (tertiary/aromatic N) is 1. The maximum absolute atomic E-state index is 3.62. The molecule has 2 nitrogen and oxygen atoms in total. The van der Waals surface area contributed by atoms with Gasteiger partial charge >= 0.3 is 0 Å². The lowest BCUT2D eigenvalue weighted by atomic mass is 9.85. The highest BCUT2D eigenvalue weighted by atomic mass is 79.9. The van der Waals surface area contributed by atoms with Gasteiger partial charge in [-0.05, 0) is 70.2 Å². The summed E-state index contributed by atoms with van der Waals surface area (Å²) in [6.45, 7) is 12.1. The van der Waals surface area contributed by atoms with E-state index in [1.165, 1.54) is 37.1 Å². The molecule has 0 aliphatic heterocycles. The second-order valence-electron chi connectivity index (χ2n) is 7.21. The summed E-state index contributed by atoms with van der Waals surface area (Å²) < 4.78 is 1.16. The largest absolute Gasteiger partial charge is 0.371 e. The van der Waals surface area contributed by atoms with Crippen molar-refractivity contribution in [1.29, 1.82) is 0 Å². The van der Waals surface area contributed by atoms with E-state index in [0.29, 0.717) is 0 Å². The van der Waals surface area contributed by atoms with Crippen molar-refractivity contribution in [3.63, 3.8) is 0 Å². The Morgan fingerprint density at radius 2 is 2.00 bits per heavy atom. The predicted molar refractivity (Wildman–Crippen MR) is 96.0 cm³/mol. The summed E-state index contributed by atoms with van der Waals surface area (Å²) in [5, 5.41) is 3.62. The Labute approximate surface area is 138 Å². The van der Waals surface area contributed by atoms with Crippen LogP contribution in [0.2, 0.25) is 0 Å². The third-order valence-electron chi connectivity index (χ3n) is 4.28. The van der Waals surface area contributed by atoms with Crippen LogP contribution in [0.25, 0.3) is 0 Å². The van der Waals surface area contributed by atoms with Crippen molar-refractivity contribution in [2.24, 2.45) is 5.92 Å². The molecule has 1 aromatic rings. The fourth-order valence-electron chi connectivity index (χ4n) is 2.75. The molecule has 118 valence electrons. The van der Waals surface area contributed by atoms with Gasteiger partial charge in [-0.25, -0.2) is 0 Å². The summed E-state index contributed by atoms with van der Waals surface area (Å²) in [4.78, 5) is 2.55. The number of hydrogen-bond acceptors (Lipinski definition) is 2. The molecule has 2 rings (SSSR count). The van der Waals surface area contributed by atoms with E-state index < -0.39 is 0 Å². The summed E-state index contributed by atoms with van der Waals surface area (Å²) in [6.07, 6.45) is 4.23. The van der Waals surface area contributed by atoms with Gasteiger partial charge in [0.2, 0.25) is 0 Å². The van der Waals surface area contributed by atoms with Crippen molar-refractivity contribution < 1.29 is 0 Å². The lowest BCUT2D eigenvalue weighted by molar-refractivity contribution is 0.318. The molecule has 0 radical (unpaired) electrons. The maximum Gasteiger partial charge on any atom is 0.0412 e. The Hall–Kier alpha value is -0.540. The summed E-state index contributed by atoms with van der Waals surface area (Å²) in [7, 11) is 0. The number of anilines is 1. The van der Waals surface area contributed by atoms with Gasteiger partial charge in [0.1, 0.15) is 0 Å². The van der Waals surface area contributed by atoms with Gasteiger partial charge in [0.15, 0.2) is 0 Å². The van der Waals surface area contributed by atoms with Crippen LogP contribution in [0.4, 0.5) is 5.69 Å². The van der Waals surface area contributed by atoms with Crippen LogP contribution in [-0.4, -0.2) is 18.6 Å². The Morgan fingerprint density at radius 3 is 2.52 bits per heavy atom. The number of hydrogen-bond donors (Lipinski definition) is 1. The molecule has 0 spiro atoms. The van der Waals surface area contributed by atoms with Crippen LogP contribution in [-0.2, 0) is 6.54 Å².